The van der Waals surface area contributed by atoms with E-state index in [0.717, 1.165) is 5.01 Å². The summed E-state index contributed by atoms with van der Waals surface area (Å²) in [5.41, 5.74) is 4.35. The average molecular weight is 353 g/mol. The number of amides is 2. The number of rotatable bonds is 3. The van der Waals surface area contributed by atoms with Crippen LogP contribution in [0.25, 0.3) is 21.8 Å². The highest BCUT2D eigenvalue weighted by Crippen LogP contribution is 2.33. The van der Waals surface area contributed by atoms with E-state index in [9.17, 15) is 9.59 Å². The number of ether oxygens (including phenoxy) is 2. The first-order valence-corrected chi connectivity index (χ1v) is 8.33. The zero-order chi connectivity index (χ0) is 18.5. The summed E-state index contributed by atoms with van der Waals surface area (Å²) in [5.74, 6) is 0. The SMILES string of the molecule is CCOC(=O)NN(C(=O)OCC)c1c2ccccc2nc2ccccc12. The molecule has 3 rings (SSSR count). The predicted molar refractivity (Wildman–Crippen MR) is 98.9 cm³/mol. The molecule has 3 aromatic rings. The Morgan fingerprint density at radius 3 is 2.00 bits per heavy atom. The lowest BCUT2D eigenvalue weighted by Crippen LogP contribution is -2.47. The quantitative estimate of drug-likeness (QED) is 0.568. The van der Waals surface area contributed by atoms with E-state index in [-0.39, 0.29) is 13.2 Å². The number of carbonyl (C=O) groups is 2. The van der Waals surface area contributed by atoms with Gasteiger partial charge in [-0.3, -0.25) is 0 Å². The number of carbonyl (C=O) groups excluding carboxylic acids is 2. The molecular formula is C19H19N3O4. The molecule has 0 aliphatic rings. The molecule has 0 saturated heterocycles. The molecule has 0 fully saturated rings. The van der Waals surface area contributed by atoms with E-state index in [1.807, 2.05) is 48.5 Å². The Morgan fingerprint density at radius 2 is 1.46 bits per heavy atom. The molecule has 134 valence electrons. The van der Waals surface area contributed by atoms with Gasteiger partial charge in [0.05, 0.1) is 29.9 Å². The zero-order valence-corrected chi connectivity index (χ0v) is 14.6. The number of fused-ring (bicyclic) bond motifs is 2. The molecule has 0 atom stereocenters. The Labute approximate surface area is 150 Å². The Hall–Kier alpha value is -3.35. The van der Waals surface area contributed by atoms with Crippen molar-refractivity contribution in [2.24, 2.45) is 0 Å². The highest BCUT2D eigenvalue weighted by molar-refractivity contribution is 6.12. The first-order chi connectivity index (χ1) is 12.7. The number of para-hydroxylation sites is 2. The smallest absolute Gasteiger partial charge is 0.433 e. The largest absolute Gasteiger partial charge is 0.449 e. The van der Waals surface area contributed by atoms with Crippen molar-refractivity contribution >= 4 is 39.7 Å². The van der Waals surface area contributed by atoms with Crippen LogP contribution in [0, 0.1) is 0 Å². The Morgan fingerprint density at radius 1 is 0.923 bits per heavy atom. The van der Waals surface area contributed by atoms with Crippen molar-refractivity contribution in [3.8, 4) is 0 Å². The molecule has 2 aromatic carbocycles. The topological polar surface area (TPSA) is 80.8 Å². The van der Waals surface area contributed by atoms with Crippen LogP contribution in [0.5, 0.6) is 0 Å². The number of anilines is 1. The molecule has 2 amide bonds. The number of hydrogen-bond donors (Lipinski definition) is 1. The summed E-state index contributed by atoms with van der Waals surface area (Å²) in [6.07, 6.45) is -1.45. The molecule has 1 N–H and O–H groups in total. The van der Waals surface area contributed by atoms with Crippen molar-refractivity contribution in [2.75, 3.05) is 18.2 Å². The minimum atomic E-state index is -0.745. The molecule has 0 aliphatic carbocycles. The highest BCUT2D eigenvalue weighted by Gasteiger charge is 2.25. The lowest BCUT2D eigenvalue weighted by molar-refractivity contribution is 0.139. The predicted octanol–water partition coefficient (Wildman–Crippen LogP) is 4.01. The standard InChI is InChI=1S/C19H19N3O4/c1-3-25-18(23)21-22(19(24)26-4-2)17-13-9-5-7-11-15(13)20-16-12-8-6-10-14(16)17/h5-12H,3-4H2,1-2H3,(H,21,23). The van der Waals surface area contributed by atoms with Gasteiger partial charge in [-0.1, -0.05) is 36.4 Å². The van der Waals surface area contributed by atoms with Gasteiger partial charge in [0, 0.05) is 10.8 Å². The molecule has 7 heteroatoms. The van der Waals surface area contributed by atoms with E-state index in [1.54, 1.807) is 13.8 Å². The van der Waals surface area contributed by atoms with E-state index < -0.39 is 12.2 Å². The van der Waals surface area contributed by atoms with Crippen LogP contribution in [0.15, 0.2) is 48.5 Å². The van der Waals surface area contributed by atoms with Gasteiger partial charge in [0.25, 0.3) is 0 Å². The third kappa shape index (κ3) is 3.37. The van der Waals surface area contributed by atoms with Crippen molar-refractivity contribution in [1.82, 2.24) is 10.4 Å². The Kier molecular flexibility index (Phi) is 5.17. The van der Waals surface area contributed by atoms with E-state index in [4.69, 9.17) is 9.47 Å². The second kappa shape index (κ2) is 7.69. The van der Waals surface area contributed by atoms with Crippen molar-refractivity contribution in [2.45, 2.75) is 13.8 Å². The second-order valence-corrected chi connectivity index (χ2v) is 5.36. The lowest BCUT2D eigenvalue weighted by atomic mass is 10.1. The number of benzene rings is 2. The fraction of sp³-hybridized carbons (Fsp3) is 0.211. The molecule has 1 aromatic heterocycles. The van der Waals surface area contributed by atoms with E-state index in [0.29, 0.717) is 27.5 Å². The van der Waals surface area contributed by atoms with Crippen LogP contribution in [-0.2, 0) is 9.47 Å². The molecule has 0 saturated carbocycles. The summed E-state index contributed by atoms with van der Waals surface area (Å²) >= 11 is 0. The summed E-state index contributed by atoms with van der Waals surface area (Å²) in [6.45, 7) is 3.73. The maximum Gasteiger partial charge on any atom is 0.433 e. The first kappa shape index (κ1) is 17.5. The minimum Gasteiger partial charge on any atom is -0.449 e. The molecule has 0 aliphatic heterocycles. The van der Waals surface area contributed by atoms with Crippen LogP contribution in [-0.4, -0.2) is 30.4 Å². The van der Waals surface area contributed by atoms with Crippen LogP contribution < -0.4 is 10.4 Å². The fourth-order valence-electron chi connectivity index (χ4n) is 2.69. The molecule has 7 nitrogen and oxygen atoms in total. The third-order valence-electron chi connectivity index (χ3n) is 3.71. The molecule has 0 radical (unpaired) electrons. The zero-order valence-electron chi connectivity index (χ0n) is 14.6. The lowest BCUT2D eigenvalue weighted by Gasteiger charge is -2.24. The third-order valence-corrected chi connectivity index (χ3v) is 3.71. The van der Waals surface area contributed by atoms with Crippen LogP contribution >= 0.6 is 0 Å². The van der Waals surface area contributed by atoms with E-state index >= 15 is 0 Å². The van der Waals surface area contributed by atoms with Gasteiger partial charge in [-0.15, -0.1) is 0 Å². The van der Waals surface area contributed by atoms with Gasteiger partial charge in [-0.25, -0.2) is 20.0 Å². The highest BCUT2D eigenvalue weighted by atomic mass is 16.6. The van der Waals surface area contributed by atoms with Gasteiger partial charge in [0.2, 0.25) is 0 Å². The van der Waals surface area contributed by atoms with Gasteiger partial charge >= 0.3 is 12.2 Å². The van der Waals surface area contributed by atoms with Gasteiger partial charge in [-0.05, 0) is 26.0 Å². The number of hydrogen-bond acceptors (Lipinski definition) is 5. The molecule has 0 spiro atoms. The van der Waals surface area contributed by atoms with Crippen molar-refractivity contribution in [3.63, 3.8) is 0 Å². The van der Waals surface area contributed by atoms with Crippen molar-refractivity contribution in [1.29, 1.82) is 0 Å². The Bertz CT molecular complexity index is 904. The minimum absolute atomic E-state index is 0.167. The molecule has 1 heterocycles. The Balaban J connectivity index is 2.24. The summed E-state index contributed by atoms with van der Waals surface area (Å²) < 4.78 is 10.1. The number of pyridine rings is 1. The number of nitrogens with one attached hydrogen (secondary N) is 1. The van der Waals surface area contributed by atoms with E-state index in [1.165, 1.54) is 0 Å². The molecule has 0 unspecified atom stereocenters. The van der Waals surface area contributed by atoms with Crippen LogP contribution in [0.4, 0.5) is 15.3 Å². The maximum absolute atomic E-state index is 12.6. The summed E-state index contributed by atoms with van der Waals surface area (Å²) in [6, 6.07) is 14.8. The first-order valence-electron chi connectivity index (χ1n) is 8.33. The summed E-state index contributed by atoms with van der Waals surface area (Å²) in [7, 11) is 0. The van der Waals surface area contributed by atoms with Crippen LogP contribution in [0.1, 0.15) is 13.8 Å². The number of hydrazine groups is 1. The summed E-state index contributed by atoms with van der Waals surface area (Å²) in [4.78, 5) is 29.2. The van der Waals surface area contributed by atoms with Crippen molar-refractivity contribution in [3.05, 3.63) is 48.5 Å². The van der Waals surface area contributed by atoms with Gasteiger partial charge in [0.15, 0.2) is 0 Å². The van der Waals surface area contributed by atoms with Crippen molar-refractivity contribution < 1.29 is 19.1 Å². The van der Waals surface area contributed by atoms with Gasteiger partial charge < -0.3 is 9.47 Å². The molecule has 26 heavy (non-hydrogen) atoms. The normalized spacial score (nSPS) is 10.5. The number of aromatic nitrogens is 1. The van der Waals surface area contributed by atoms with E-state index in [2.05, 4.69) is 10.4 Å². The van der Waals surface area contributed by atoms with Gasteiger partial charge in [-0.2, -0.15) is 5.01 Å². The molecular weight excluding hydrogens is 334 g/mol. The second-order valence-electron chi connectivity index (χ2n) is 5.36. The monoisotopic (exact) mass is 353 g/mol. The number of nitrogens with zero attached hydrogens (tertiary/aromatic N) is 2. The fourth-order valence-corrected chi connectivity index (χ4v) is 2.69. The summed E-state index contributed by atoms with van der Waals surface area (Å²) in [5, 5.41) is 2.49. The van der Waals surface area contributed by atoms with Crippen LogP contribution in [0.3, 0.4) is 0 Å². The van der Waals surface area contributed by atoms with Crippen LogP contribution in [0.2, 0.25) is 0 Å². The maximum atomic E-state index is 12.6. The van der Waals surface area contributed by atoms with Gasteiger partial charge in [0.1, 0.15) is 0 Å². The average Bonchev–Trinajstić information content (AvgIpc) is 2.65. The molecule has 0 bridgehead atoms.